The number of amides is 2. The zero-order valence-corrected chi connectivity index (χ0v) is 23.8. The number of hydrogen-bond acceptors (Lipinski definition) is 6. The van der Waals surface area contributed by atoms with Gasteiger partial charge >= 0.3 is 11.8 Å². The number of rotatable bonds is 6. The number of nitrogens with one attached hydrogen (secondary N) is 2. The third kappa shape index (κ3) is 6.05. The zero-order valence-electron chi connectivity index (χ0n) is 23.8. The van der Waals surface area contributed by atoms with Crippen LogP contribution in [0.2, 0.25) is 0 Å². The Morgan fingerprint density at radius 1 is 1.00 bits per heavy atom. The van der Waals surface area contributed by atoms with Gasteiger partial charge in [-0.15, -0.1) is 0 Å². The lowest BCUT2D eigenvalue weighted by molar-refractivity contribution is -0.383. The molecule has 0 radical (unpaired) electrons. The smallest absolute Gasteiger partial charge is 0.407 e. The lowest BCUT2D eigenvalue weighted by Gasteiger charge is -2.30. The van der Waals surface area contributed by atoms with Crippen molar-refractivity contribution in [2.45, 2.75) is 70.7 Å². The van der Waals surface area contributed by atoms with Gasteiger partial charge in [0.1, 0.15) is 5.60 Å². The molecule has 0 bridgehead atoms. The molecule has 10 heteroatoms. The third-order valence-electron chi connectivity index (χ3n) is 7.56. The van der Waals surface area contributed by atoms with Gasteiger partial charge in [-0.2, -0.15) is 5.26 Å². The Labute approximate surface area is 243 Å². The van der Waals surface area contributed by atoms with Gasteiger partial charge in [0.2, 0.25) is 0 Å². The Balaban J connectivity index is 1.45. The number of hydrogen-bond donors (Lipinski definition) is 2. The highest BCUT2D eigenvalue weighted by atomic mass is 16.6. The van der Waals surface area contributed by atoms with Gasteiger partial charge in [0.15, 0.2) is 5.69 Å². The summed E-state index contributed by atoms with van der Waals surface area (Å²) in [4.78, 5) is 37.9. The van der Waals surface area contributed by atoms with E-state index in [1.807, 2.05) is 42.5 Å². The van der Waals surface area contributed by atoms with Crippen LogP contribution in [-0.2, 0) is 11.3 Å². The average molecular weight is 568 g/mol. The predicted molar refractivity (Wildman–Crippen MR) is 159 cm³/mol. The van der Waals surface area contributed by atoms with E-state index < -0.39 is 22.5 Å². The van der Waals surface area contributed by atoms with E-state index in [2.05, 4.69) is 16.7 Å². The van der Waals surface area contributed by atoms with Gasteiger partial charge in [-0.25, -0.2) is 4.79 Å². The van der Waals surface area contributed by atoms with Crippen LogP contribution in [0.4, 0.5) is 10.5 Å². The van der Waals surface area contributed by atoms with Crippen LogP contribution in [0.25, 0.3) is 21.7 Å². The summed E-state index contributed by atoms with van der Waals surface area (Å²) in [6.07, 6.45) is 2.00. The van der Waals surface area contributed by atoms with Crippen LogP contribution in [0.1, 0.15) is 68.1 Å². The number of benzene rings is 3. The summed E-state index contributed by atoms with van der Waals surface area (Å²) in [6.45, 7) is 5.62. The first-order valence-electron chi connectivity index (χ1n) is 14.0. The lowest BCUT2D eigenvalue weighted by Crippen LogP contribution is -2.45. The maximum absolute atomic E-state index is 13.9. The number of fused-ring (bicyclic) bond motifs is 2. The van der Waals surface area contributed by atoms with E-state index in [0.29, 0.717) is 42.1 Å². The van der Waals surface area contributed by atoms with Gasteiger partial charge in [-0.3, -0.25) is 14.9 Å². The average Bonchev–Trinajstić information content (AvgIpc) is 3.27. The maximum Gasteiger partial charge on any atom is 0.407 e. The Hall–Kier alpha value is -4.91. The first-order chi connectivity index (χ1) is 20.0. The Morgan fingerprint density at radius 2 is 1.67 bits per heavy atom. The highest BCUT2D eigenvalue weighted by Crippen LogP contribution is 2.35. The summed E-state index contributed by atoms with van der Waals surface area (Å²) in [6, 6.07) is 20.2. The molecule has 1 fully saturated rings. The normalized spacial score (nSPS) is 17.0. The van der Waals surface area contributed by atoms with Crippen LogP contribution < -0.4 is 10.6 Å². The van der Waals surface area contributed by atoms with Crippen molar-refractivity contribution in [3.63, 3.8) is 0 Å². The number of nitro groups is 1. The molecule has 0 atom stereocenters. The zero-order chi connectivity index (χ0) is 30.0. The lowest BCUT2D eigenvalue weighted by atomic mass is 9.91. The van der Waals surface area contributed by atoms with Crippen LogP contribution in [0, 0.1) is 21.4 Å². The van der Waals surface area contributed by atoms with Crippen LogP contribution >= 0.6 is 0 Å². The molecule has 5 rings (SSSR count). The second-order valence-electron chi connectivity index (χ2n) is 11.7. The number of ether oxygens (including phenoxy) is 1. The Bertz CT molecular complexity index is 1720. The predicted octanol–water partition coefficient (Wildman–Crippen LogP) is 6.19. The number of nitriles is 1. The monoisotopic (exact) mass is 567 g/mol. The molecule has 216 valence electrons. The van der Waals surface area contributed by atoms with E-state index >= 15 is 0 Å². The van der Waals surface area contributed by atoms with Crippen molar-refractivity contribution in [1.29, 1.82) is 5.26 Å². The molecule has 2 amide bonds. The van der Waals surface area contributed by atoms with Gasteiger partial charge in [-0.1, -0.05) is 42.5 Å². The quantitative estimate of drug-likeness (QED) is 0.210. The number of carbonyl (C=O) groups excluding carboxylic acids is 2. The van der Waals surface area contributed by atoms with E-state index in [-0.39, 0.29) is 30.0 Å². The first kappa shape index (κ1) is 28.6. The highest BCUT2D eigenvalue weighted by Gasteiger charge is 2.33. The van der Waals surface area contributed by atoms with E-state index in [1.165, 1.54) is 12.1 Å². The Kier molecular flexibility index (Phi) is 7.85. The number of aromatic nitrogens is 1. The van der Waals surface area contributed by atoms with Gasteiger partial charge in [-0.05, 0) is 81.0 Å². The van der Waals surface area contributed by atoms with Gasteiger partial charge in [0.05, 0.1) is 27.5 Å². The van der Waals surface area contributed by atoms with E-state index in [1.54, 1.807) is 31.4 Å². The number of alkyl carbamates (subject to hydrolysis) is 1. The molecule has 0 aliphatic heterocycles. The molecule has 2 N–H and O–H groups in total. The minimum Gasteiger partial charge on any atom is -0.444 e. The van der Waals surface area contributed by atoms with Crippen molar-refractivity contribution in [3.8, 4) is 6.07 Å². The fourth-order valence-electron chi connectivity index (χ4n) is 5.69. The summed E-state index contributed by atoms with van der Waals surface area (Å²) in [5.41, 5.74) is 0.758. The molecule has 4 aromatic rings. The molecule has 1 saturated carbocycles. The van der Waals surface area contributed by atoms with E-state index in [9.17, 15) is 25.0 Å². The summed E-state index contributed by atoms with van der Waals surface area (Å²) in [5, 5.41) is 30.2. The van der Waals surface area contributed by atoms with Crippen molar-refractivity contribution < 1.29 is 19.2 Å². The molecule has 3 aromatic carbocycles. The molecule has 0 spiro atoms. The van der Waals surface area contributed by atoms with Crippen molar-refractivity contribution in [2.24, 2.45) is 0 Å². The van der Waals surface area contributed by atoms with Crippen LogP contribution in [0.5, 0.6) is 0 Å². The molecule has 10 nitrogen and oxygen atoms in total. The largest absolute Gasteiger partial charge is 0.444 e. The summed E-state index contributed by atoms with van der Waals surface area (Å²) in [7, 11) is 0. The summed E-state index contributed by atoms with van der Waals surface area (Å²) >= 11 is 0. The molecule has 1 aliphatic rings. The number of nitrogens with zero attached hydrogens (tertiary/aromatic N) is 3. The molecule has 0 saturated heterocycles. The molecular weight excluding hydrogens is 534 g/mol. The van der Waals surface area contributed by atoms with Crippen molar-refractivity contribution in [3.05, 3.63) is 87.6 Å². The molecular formula is C32H33N5O5. The maximum atomic E-state index is 13.9. The van der Waals surface area contributed by atoms with Crippen LogP contribution in [0.15, 0.2) is 60.7 Å². The van der Waals surface area contributed by atoms with Crippen LogP contribution in [-0.4, -0.2) is 39.2 Å². The third-order valence-corrected chi connectivity index (χ3v) is 7.56. The van der Waals surface area contributed by atoms with Gasteiger partial charge < -0.3 is 19.9 Å². The molecule has 1 aromatic heterocycles. The molecule has 1 aliphatic carbocycles. The SMILES string of the molecule is CC(C)(C)OC(=O)NC1CCC(NC(=O)c2c([N+](=O)[O-])c3ccc(C#N)cc3n2Cc2cccc3ccccc23)CC1. The van der Waals surface area contributed by atoms with Crippen molar-refractivity contribution in [2.75, 3.05) is 0 Å². The highest BCUT2D eigenvalue weighted by molar-refractivity contribution is 6.07. The van der Waals surface area contributed by atoms with Crippen molar-refractivity contribution >= 4 is 39.4 Å². The first-order valence-corrected chi connectivity index (χ1v) is 14.0. The summed E-state index contributed by atoms with van der Waals surface area (Å²) in [5.74, 6) is -0.541. The van der Waals surface area contributed by atoms with Gasteiger partial charge in [0, 0.05) is 18.6 Å². The molecule has 0 unspecified atom stereocenters. The fraction of sp³-hybridized carbons (Fsp3) is 0.344. The number of carbonyl (C=O) groups is 2. The summed E-state index contributed by atoms with van der Waals surface area (Å²) < 4.78 is 7.01. The standard InChI is InChI=1S/C32H33N5O5/c1-32(2,3)42-31(39)35-24-14-12-23(13-15-24)34-30(38)29-28(37(40)41)26-16-11-20(18-33)17-27(26)36(29)19-22-9-6-8-21-7-4-5-10-25(21)22/h4-11,16-17,23-24H,12-15,19H2,1-3H3,(H,34,38)(H,35,39). The second kappa shape index (κ2) is 11.5. The second-order valence-corrected chi connectivity index (χ2v) is 11.7. The Morgan fingerprint density at radius 3 is 2.33 bits per heavy atom. The topological polar surface area (TPSA) is 139 Å². The van der Waals surface area contributed by atoms with Gasteiger partial charge in [0.25, 0.3) is 5.91 Å². The fourth-order valence-corrected chi connectivity index (χ4v) is 5.69. The minimum absolute atomic E-state index is 0.0490. The van der Waals surface area contributed by atoms with E-state index in [4.69, 9.17) is 4.74 Å². The molecule has 42 heavy (non-hydrogen) atoms. The van der Waals surface area contributed by atoms with E-state index in [0.717, 1.165) is 16.3 Å². The molecule has 1 heterocycles. The minimum atomic E-state index is -0.595. The van der Waals surface area contributed by atoms with Crippen molar-refractivity contribution in [1.82, 2.24) is 15.2 Å². The van der Waals surface area contributed by atoms with Crippen LogP contribution in [0.3, 0.4) is 0 Å².